The van der Waals surface area contributed by atoms with Gasteiger partial charge in [-0.2, -0.15) is 0 Å². The Labute approximate surface area is 129 Å². The Morgan fingerprint density at radius 1 is 0.750 bits per heavy atom. The summed E-state index contributed by atoms with van der Waals surface area (Å²) in [5.74, 6) is -0.0195. The zero-order valence-corrected chi connectivity index (χ0v) is 14.7. The molecule has 118 valence electrons. The molecule has 0 aliphatic carbocycles. The highest BCUT2D eigenvalue weighted by Gasteiger charge is 2.00. The van der Waals surface area contributed by atoms with Crippen LogP contribution in [-0.2, 0) is 9.22 Å². The zero-order chi connectivity index (χ0) is 14.9. The van der Waals surface area contributed by atoms with Crippen molar-refractivity contribution in [2.24, 2.45) is 0 Å². The van der Waals surface area contributed by atoms with E-state index in [-0.39, 0.29) is 5.97 Å². The fourth-order valence-corrected chi connectivity index (χ4v) is 2.78. The van der Waals surface area contributed by atoms with Gasteiger partial charge in [0.1, 0.15) is 0 Å². The van der Waals surface area contributed by atoms with E-state index in [1.54, 1.807) is 0 Å². The third-order valence-corrected chi connectivity index (χ3v) is 4.13. The molecule has 0 aromatic heterocycles. The van der Waals surface area contributed by atoms with Gasteiger partial charge in [0.2, 0.25) is 0 Å². The van der Waals surface area contributed by atoms with Crippen LogP contribution in [0.15, 0.2) is 0 Å². The highest BCUT2D eigenvalue weighted by Crippen LogP contribution is 2.12. The molecule has 0 rings (SSSR count). The largest absolute Gasteiger partial charge is 0.517 e. The molecule has 0 aliphatic rings. The first-order valence-electron chi connectivity index (χ1n) is 8.67. The van der Waals surface area contributed by atoms with Crippen LogP contribution in [0.25, 0.3) is 0 Å². The summed E-state index contributed by atoms with van der Waals surface area (Å²) in [6.07, 6.45) is 18.0. The molecule has 0 bridgehead atoms. The van der Waals surface area contributed by atoms with Crippen LogP contribution < -0.4 is 0 Å². The highest BCUT2D eigenvalue weighted by molar-refractivity contribution is 6.28. The van der Waals surface area contributed by atoms with Crippen LogP contribution in [-0.4, -0.2) is 15.7 Å². The van der Waals surface area contributed by atoms with E-state index in [0.29, 0.717) is 16.2 Å². The molecule has 0 spiro atoms. The summed E-state index contributed by atoms with van der Waals surface area (Å²) in [5, 5.41) is 0. The Bertz CT molecular complexity index is 207. The minimum absolute atomic E-state index is 0.0195. The average molecular weight is 299 g/mol. The van der Waals surface area contributed by atoms with Gasteiger partial charge < -0.3 is 4.43 Å². The van der Waals surface area contributed by atoms with E-state index in [0.717, 1.165) is 6.42 Å². The fraction of sp³-hybridized carbons (Fsp3) is 0.941. The van der Waals surface area contributed by atoms with Gasteiger partial charge in [0.25, 0.3) is 5.97 Å². The Morgan fingerprint density at radius 3 is 1.55 bits per heavy atom. The van der Waals surface area contributed by atoms with E-state index in [1.165, 1.54) is 77.0 Å². The number of rotatable bonds is 15. The van der Waals surface area contributed by atoms with Crippen molar-refractivity contribution in [3.63, 3.8) is 0 Å². The van der Waals surface area contributed by atoms with Crippen LogP contribution in [0.4, 0.5) is 0 Å². The van der Waals surface area contributed by atoms with Crippen LogP contribution >= 0.6 is 0 Å². The fourth-order valence-electron chi connectivity index (χ4n) is 2.45. The molecular weight excluding hydrogens is 264 g/mol. The van der Waals surface area contributed by atoms with E-state index in [2.05, 4.69) is 6.92 Å². The molecule has 0 amide bonds. The number of carbonyl (C=O) groups excluding carboxylic acids is 1. The van der Waals surface area contributed by atoms with E-state index in [1.807, 2.05) is 6.55 Å². The van der Waals surface area contributed by atoms with Crippen LogP contribution in [0.1, 0.15) is 96.8 Å². The molecule has 0 aliphatic heterocycles. The van der Waals surface area contributed by atoms with Gasteiger partial charge in [0.15, 0.2) is 0 Å². The molecular formula is C17H34O2Si. The summed E-state index contributed by atoms with van der Waals surface area (Å²) in [5.41, 5.74) is 0. The first-order valence-corrected chi connectivity index (χ1v) is 10.1. The van der Waals surface area contributed by atoms with Crippen molar-refractivity contribution < 1.29 is 9.22 Å². The van der Waals surface area contributed by atoms with Crippen LogP contribution in [0.3, 0.4) is 0 Å². The lowest BCUT2D eigenvalue weighted by atomic mass is 10.0. The summed E-state index contributed by atoms with van der Waals surface area (Å²) in [4.78, 5) is 11.1. The quantitative estimate of drug-likeness (QED) is 0.287. The molecule has 0 saturated heterocycles. The van der Waals surface area contributed by atoms with Gasteiger partial charge in [0.05, 0.1) is 0 Å². The van der Waals surface area contributed by atoms with Gasteiger partial charge >= 0.3 is 9.76 Å². The van der Waals surface area contributed by atoms with E-state index in [9.17, 15) is 4.79 Å². The minimum atomic E-state index is -0.0195. The van der Waals surface area contributed by atoms with Crippen LogP contribution in [0.5, 0.6) is 0 Å². The van der Waals surface area contributed by atoms with Crippen LogP contribution in [0.2, 0.25) is 6.55 Å². The van der Waals surface area contributed by atoms with Gasteiger partial charge in [0, 0.05) is 6.42 Å². The monoisotopic (exact) mass is 298 g/mol. The molecule has 0 atom stereocenters. The van der Waals surface area contributed by atoms with Gasteiger partial charge in [-0.25, -0.2) is 0 Å². The van der Waals surface area contributed by atoms with Crippen molar-refractivity contribution in [2.75, 3.05) is 0 Å². The first kappa shape index (κ1) is 19.7. The number of hydrogen-bond donors (Lipinski definition) is 0. The normalized spacial score (nSPS) is 10.7. The van der Waals surface area contributed by atoms with Crippen molar-refractivity contribution >= 4 is 15.7 Å². The Balaban J connectivity index is 3.01. The van der Waals surface area contributed by atoms with Crippen molar-refractivity contribution in [1.29, 1.82) is 0 Å². The lowest BCUT2D eigenvalue weighted by Crippen LogP contribution is -2.05. The second-order valence-electron chi connectivity index (χ2n) is 5.67. The van der Waals surface area contributed by atoms with Crippen LogP contribution in [0, 0.1) is 0 Å². The predicted molar refractivity (Wildman–Crippen MR) is 88.0 cm³/mol. The predicted octanol–water partition coefficient (Wildman–Crippen LogP) is 5.68. The highest BCUT2D eigenvalue weighted by atomic mass is 28.2. The van der Waals surface area contributed by atoms with E-state index >= 15 is 0 Å². The van der Waals surface area contributed by atoms with Gasteiger partial charge in [-0.15, -0.1) is 0 Å². The Hall–Kier alpha value is -0.313. The first-order chi connectivity index (χ1) is 9.81. The maximum absolute atomic E-state index is 11.1. The topological polar surface area (TPSA) is 26.3 Å². The Morgan fingerprint density at radius 2 is 1.15 bits per heavy atom. The molecule has 0 fully saturated rings. The summed E-state index contributed by atoms with van der Waals surface area (Å²) in [6.45, 7) is 4.16. The maximum atomic E-state index is 11.1. The third-order valence-electron chi connectivity index (χ3n) is 3.70. The number of hydrogen-bond acceptors (Lipinski definition) is 2. The van der Waals surface area contributed by atoms with E-state index < -0.39 is 0 Å². The van der Waals surface area contributed by atoms with Crippen molar-refractivity contribution in [1.82, 2.24) is 0 Å². The molecule has 0 N–H and O–H groups in total. The molecule has 3 heteroatoms. The zero-order valence-electron chi connectivity index (χ0n) is 13.7. The molecule has 2 nitrogen and oxygen atoms in total. The molecule has 2 radical (unpaired) electrons. The SMILES string of the molecule is CCCCCCCCCCCCCCCC(=O)O[Si]C. The van der Waals surface area contributed by atoms with Gasteiger partial charge in [-0.1, -0.05) is 84.0 Å². The second kappa shape index (κ2) is 16.7. The smallest absolute Gasteiger partial charge is 0.311 e. The minimum Gasteiger partial charge on any atom is -0.517 e. The number of unbranched alkanes of at least 4 members (excludes halogenated alkanes) is 12. The second-order valence-corrected chi connectivity index (χ2v) is 6.28. The van der Waals surface area contributed by atoms with Crippen molar-refractivity contribution in [2.45, 2.75) is 103 Å². The van der Waals surface area contributed by atoms with Crippen molar-refractivity contribution in [3.8, 4) is 0 Å². The molecule has 0 heterocycles. The lowest BCUT2D eigenvalue weighted by molar-refractivity contribution is -0.134. The average Bonchev–Trinajstić information content (AvgIpc) is 2.44. The molecule has 0 aromatic rings. The van der Waals surface area contributed by atoms with E-state index in [4.69, 9.17) is 4.43 Å². The maximum Gasteiger partial charge on any atom is 0.311 e. The molecule has 0 saturated carbocycles. The molecule has 20 heavy (non-hydrogen) atoms. The summed E-state index contributed by atoms with van der Waals surface area (Å²) < 4.78 is 4.94. The standard InChI is InChI=1S/C17H34O2Si/c1-3-4-5-6-7-8-9-10-11-12-13-14-15-16-17(18)19-20-2/h3-16H2,1-2H3. The van der Waals surface area contributed by atoms with Gasteiger partial charge in [-0.05, 0) is 13.0 Å². The number of carbonyl (C=O) groups is 1. The summed E-state index contributed by atoms with van der Waals surface area (Å²) in [7, 11) is 0.300. The van der Waals surface area contributed by atoms with Gasteiger partial charge in [-0.3, -0.25) is 4.79 Å². The Kier molecular flexibility index (Phi) is 16.5. The van der Waals surface area contributed by atoms with Crippen molar-refractivity contribution in [3.05, 3.63) is 0 Å². The lowest BCUT2D eigenvalue weighted by Gasteiger charge is -2.03. The summed E-state index contributed by atoms with van der Waals surface area (Å²) >= 11 is 0. The third kappa shape index (κ3) is 15.7. The summed E-state index contributed by atoms with van der Waals surface area (Å²) in [6, 6.07) is 0. The molecule has 0 aromatic carbocycles. The molecule has 0 unspecified atom stereocenters.